The average Bonchev–Trinajstić information content (AvgIpc) is 3.03. The number of hydrogen-bond donors (Lipinski definition) is 1. The Hall–Kier alpha value is -1.94. The van der Waals surface area contributed by atoms with Crippen molar-refractivity contribution in [2.45, 2.75) is 39.2 Å². The van der Waals surface area contributed by atoms with Crippen molar-refractivity contribution < 1.29 is 9.53 Å². The highest BCUT2D eigenvalue weighted by Gasteiger charge is 2.31. The zero-order chi connectivity index (χ0) is 16.9. The molecular formula is C20H26N2O2. The van der Waals surface area contributed by atoms with Crippen LogP contribution in [0.1, 0.15) is 32.3 Å². The highest BCUT2D eigenvalue weighted by Crippen LogP contribution is 2.24. The second kappa shape index (κ2) is 7.75. The summed E-state index contributed by atoms with van der Waals surface area (Å²) in [6.45, 7) is 5.45. The topological polar surface area (TPSA) is 51.2 Å². The van der Waals surface area contributed by atoms with Gasteiger partial charge in [0.25, 0.3) is 0 Å². The molecule has 4 heteroatoms. The maximum atomic E-state index is 12.4. The van der Waals surface area contributed by atoms with E-state index in [2.05, 4.69) is 36.3 Å². The molecule has 1 fully saturated rings. The number of pyridine rings is 1. The molecule has 3 rings (SSSR count). The molecule has 1 aromatic carbocycles. The molecule has 1 saturated heterocycles. The van der Waals surface area contributed by atoms with Crippen molar-refractivity contribution in [2.24, 2.45) is 11.8 Å². The Bertz CT molecular complexity index is 692. The van der Waals surface area contributed by atoms with E-state index in [-0.39, 0.29) is 17.9 Å². The predicted molar refractivity (Wildman–Crippen MR) is 95.8 cm³/mol. The number of benzene rings is 1. The SMILES string of the molecule is CCC(CC)C(=O)N[C@@H]1COC[C@H]1Cc1ccnc2ccccc12. The Balaban J connectivity index is 1.73. The number of nitrogens with zero attached hydrogens (tertiary/aromatic N) is 1. The number of carbonyl (C=O) groups excluding carboxylic acids is 1. The minimum Gasteiger partial charge on any atom is -0.379 e. The van der Waals surface area contributed by atoms with Gasteiger partial charge in [-0.05, 0) is 37.0 Å². The number of amides is 1. The minimum atomic E-state index is 0.102. The van der Waals surface area contributed by atoms with E-state index in [4.69, 9.17) is 4.74 Å². The van der Waals surface area contributed by atoms with Gasteiger partial charge in [-0.25, -0.2) is 0 Å². The lowest BCUT2D eigenvalue weighted by Gasteiger charge is -2.22. The molecule has 0 saturated carbocycles. The molecule has 0 bridgehead atoms. The first-order valence-corrected chi connectivity index (χ1v) is 8.93. The van der Waals surface area contributed by atoms with Gasteiger partial charge in [0.15, 0.2) is 0 Å². The van der Waals surface area contributed by atoms with E-state index in [1.165, 1.54) is 10.9 Å². The van der Waals surface area contributed by atoms with Gasteiger partial charge in [-0.1, -0.05) is 32.0 Å². The molecule has 1 N–H and O–H groups in total. The van der Waals surface area contributed by atoms with Crippen LogP contribution in [-0.2, 0) is 16.0 Å². The molecule has 128 valence electrons. The molecule has 4 nitrogen and oxygen atoms in total. The van der Waals surface area contributed by atoms with Crippen LogP contribution in [0.25, 0.3) is 10.9 Å². The monoisotopic (exact) mass is 326 g/mol. The van der Waals surface area contributed by atoms with Gasteiger partial charge >= 0.3 is 0 Å². The molecule has 2 aromatic rings. The number of fused-ring (bicyclic) bond motifs is 1. The Morgan fingerprint density at radius 2 is 2.04 bits per heavy atom. The Morgan fingerprint density at radius 3 is 2.83 bits per heavy atom. The van der Waals surface area contributed by atoms with E-state index in [1.54, 1.807) is 0 Å². The van der Waals surface area contributed by atoms with Gasteiger partial charge in [-0.2, -0.15) is 0 Å². The Kier molecular flexibility index (Phi) is 5.46. The van der Waals surface area contributed by atoms with Crippen LogP contribution in [0.4, 0.5) is 0 Å². The minimum absolute atomic E-state index is 0.102. The summed E-state index contributed by atoms with van der Waals surface area (Å²) in [5, 5.41) is 4.41. The maximum absolute atomic E-state index is 12.4. The Labute approximate surface area is 143 Å². The molecule has 1 amide bonds. The van der Waals surface area contributed by atoms with Crippen LogP contribution in [-0.4, -0.2) is 30.1 Å². The number of aromatic nitrogens is 1. The molecule has 24 heavy (non-hydrogen) atoms. The lowest BCUT2D eigenvalue weighted by molar-refractivity contribution is -0.126. The van der Waals surface area contributed by atoms with Crippen molar-refractivity contribution >= 4 is 16.8 Å². The second-order valence-electron chi connectivity index (χ2n) is 6.62. The second-order valence-corrected chi connectivity index (χ2v) is 6.62. The van der Waals surface area contributed by atoms with E-state index in [1.807, 2.05) is 24.4 Å². The fourth-order valence-corrected chi connectivity index (χ4v) is 3.53. The summed E-state index contributed by atoms with van der Waals surface area (Å²) < 4.78 is 5.67. The molecule has 2 atom stereocenters. The maximum Gasteiger partial charge on any atom is 0.223 e. The third-order valence-corrected chi connectivity index (χ3v) is 5.10. The van der Waals surface area contributed by atoms with E-state index in [9.17, 15) is 4.79 Å². The van der Waals surface area contributed by atoms with E-state index >= 15 is 0 Å². The van der Waals surface area contributed by atoms with Crippen LogP contribution in [0, 0.1) is 11.8 Å². The summed E-state index contributed by atoms with van der Waals surface area (Å²) in [5.41, 5.74) is 2.30. The lowest BCUT2D eigenvalue weighted by atomic mass is 9.92. The first kappa shape index (κ1) is 16.9. The standard InChI is InChI=1S/C20H26N2O2/c1-3-14(4-2)20(23)22-19-13-24-12-16(19)11-15-9-10-21-18-8-6-5-7-17(15)18/h5-10,14,16,19H,3-4,11-13H2,1-2H3,(H,22,23)/t16-,19-/m1/s1. The van der Waals surface area contributed by atoms with Crippen molar-refractivity contribution in [3.63, 3.8) is 0 Å². The van der Waals surface area contributed by atoms with Crippen LogP contribution in [0.5, 0.6) is 0 Å². The van der Waals surface area contributed by atoms with Crippen molar-refractivity contribution in [1.29, 1.82) is 0 Å². The number of ether oxygens (including phenoxy) is 1. The van der Waals surface area contributed by atoms with Gasteiger partial charge in [-0.3, -0.25) is 9.78 Å². The van der Waals surface area contributed by atoms with E-state index in [0.29, 0.717) is 19.1 Å². The fraction of sp³-hybridized carbons (Fsp3) is 0.500. The van der Waals surface area contributed by atoms with Gasteiger partial charge in [0.2, 0.25) is 5.91 Å². The van der Waals surface area contributed by atoms with Crippen LogP contribution >= 0.6 is 0 Å². The quantitative estimate of drug-likeness (QED) is 0.886. The van der Waals surface area contributed by atoms with Gasteiger partial charge < -0.3 is 10.1 Å². The number of hydrogen-bond acceptors (Lipinski definition) is 3. The first-order chi connectivity index (χ1) is 11.7. The number of nitrogens with one attached hydrogen (secondary N) is 1. The molecule has 0 radical (unpaired) electrons. The van der Waals surface area contributed by atoms with Gasteiger partial charge in [0.1, 0.15) is 0 Å². The summed E-state index contributed by atoms with van der Waals surface area (Å²) in [6, 6.07) is 10.4. The number of rotatable bonds is 6. The smallest absolute Gasteiger partial charge is 0.223 e. The molecule has 1 aromatic heterocycles. The zero-order valence-corrected chi connectivity index (χ0v) is 14.5. The van der Waals surface area contributed by atoms with Gasteiger partial charge in [0.05, 0.1) is 24.8 Å². The summed E-state index contributed by atoms with van der Waals surface area (Å²) in [4.78, 5) is 16.8. The lowest BCUT2D eigenvalue weighted by Crippen LogP contribution is -2.43. The van der Waals surface area contributed by atoms with E-state index in [0.717, 1.165) is 24.8 Å². The van der Waals surface area contributed by atoms with Crippen LogP contribution < -0.4 is 5.32 Å². The van der Waals surface area contributed by atoms with Crippen molar-refractivity contribution in [1.82, 2.24) is 10.3 Å². The third kappa shape index (κ3) is 3.59. The fourth-order valence-electron chi connectivity index (χ4n) is 3.53. The third-order valence-electron chi connectivity index (χ3n) is 5.10. The molecule has 0 unspecified atom stereocenters. The van der Waals surface area contributed by atoms with Crippen molar-refractivity contribution in [2.75, 3.05) is 13.2 Å². The molecule has 1 aliphatic rings. The molecule has 0 spiro atoms. The van der Waals surface area contributed by atoms with Gasteiger partial charge in [-0.15, -0.1) is 0 Å². The zero-order valence-electron chi connectivity index (χ0n) is 14.5. The summed E-state index contributed by atoms with van der Waals surface area (Å²) in [5.74, 6) is 0.585. The van der Waals surface area contributed by atoms with Crippen molar-refractivity contribution in [3.05, 3.63) is 42.1 Å². The van der Waals surface area contributed by atoms with Gasteiger partial charge in [0, 0.05) is 23.4 Å². The summed E-state index contributed by atoms with van der Waals surface area (Å²) in [6.07, 6.45) is 4.54. The molecule has 2 heterocycles. The van der Waals surface area contributed by atoms with Crippen molar-refractivity contribution in [3.8, 4) is 0 Å². The number of para-hydroxylation sites is 1. The summed E-state index contributed by atoms with van der Waals surface area (Å²) in [7, 11) is 0. The number of carbonyl (C=O) groups is 1. The average molecular weight is 326 g/mol. The first-order valence-electron chi connectivity index (χ1n) is 8.93. The Morgan fingerprint density at radius 1 is 1.25 bits per heavy atom. The molecule has 0 aliphatic carbocycles. The summed E-state index contributed by atoms with van der Waals surface area (Å²) >= 11 is 0. The highest BCUT2D eigenvalue weighted by molar-refractivity contribution is 5.82. The normalized spacial score (nSPS) is 20.6. The largest absolute Gasteiger partial charge is 0.379 e. The molecule has 1 aliphatic heterocycles. The van der Waals surface area contributed by atoms with Crippen LogP contribution in [0.3, 0.4) is 0 Å². The van der Waals surface area contributed by atoms with Crippen LogP contribution in [0.15, 0.2) is 36.5 Å². The van der Waals surface area contributed by atoms with Crippen LogP contribution in [0.2, 0.25) is 0 Å². The van der Waals surface area contributed by atoms with E-state index < -0.39 is 0 Å². The highest BCUT2D eigenvalue weighted by atomic mass is 16.5. The molecular weight excluding hydrogens is 300 g/mol. The predicted octanol–water partition coefficient (Wildman–Crippen LogP) is 3.34.